The van der Waals surface area contributed by atoms with Crippen LogP contribution in [0, 0.1) is 6.92 Å². The first-order valence-corrected chi connectivity index (χ1v) is 10.5. The summed E-state index contributed by atoms with van der Waals surface area (Å²) in [6.07, 6.45) is 4.70. The van der Waals surface area contributed by atoms with Crippen molar-refractivity contribution in [3.63, 3.8) is 0 Å². The maximum absolute atomic E-state index is 12.5. The quantitative estimate of drug-likeness (QED) is 0.835. The number of amides is 2. The molecule has 2 N–H and O–H groups in total. The van der Waals surface area contributed by atoms with Crippen molar-refractivity contribution in [1.29, 1.82) is 0 Å². The minimum Gasteiger partial charge on any atom is -0.368 e. The van der Waals surface area contributed by atoms with E-state index in [1.165, 1.54) is 0 Å². The smallest absolute Gasteiger partial charge is 0.321 e. The van der Waals surface area contributed by atoms with Gasteiger partial charge in [-0.3, -0.25) is 9.71 Å². The Bertz CT molecular complexity index is 924. The third kappa shape index (κ3) is 5.10. The number of benzene rings is 1. The maximum atomic E-state index is 12.5. The molecule has 144 valence electrons. The van der Waals surface area contributed by atoms with Gasteiger partial charge in [0.2, 0.25) is 10.0 Å². The lowest BCUT2D eigenvalue weighted by Gasteiger charge is -2.36. The number of sulfonamides is 1. The van der Waals surface area contributed by atoms with Crippen LogP contribution in [0.15, 0.2) is 42.7 Å². The maximum Gasteiger partial charge on any atom is 0.321 e. The molecule has 1 fully saturated rings. The Balaban J connectivity index is 1.59. The minimum absolute atomic E-state index is 0.197. The summed E-state index contributed by atoms with van der Waals surface area (Å²) in [5, 5.41) is 2.83. The number of anilines is 3. The fraction of sp³-hybridized carbons (Fsp3) is 0.333. The van der Waals surface area contributed by atoms with Gasteiger partial charge in [-0.05, 0) is 36.8 Å². The van der Waals surface area contributed by atoms with E-state index in [4.69, 9.17) is 0 Å². The number of carbonyl (C=O) groups is 1. The molecule has 1 aliphatic heterocycles. The Morgan fingerprint density at radius 3 is 2.48 bits per heavy atom. The van der Waals surface area contributed by atoms with Gasteiger partial charge in [-0.1, -0.05) is 6.07 Å². The Labute approximate surface area is 159 Å². The Kier molecular flexibility index (Phi) is 5.50. The van der Waals surface area contributed by atoms with Gasteiger partial charge in [0.05, 0.1) is 11.9 Å². The van der Waals surface area contributed by atoms with Crippen molar-refractivity contribution < 1.29 is 13.2 Å². The van der Waals surface area contributed by atoms with Crippen LogP contribution in [0.3, 0.4) is 0 Å². The van der Waals surface area contributed by atoms with E-state index < -0.39 is 10.0 Å². The Morgan fingerprint density at radius 2 is 1.81 bits per heavy atom. The fourth-order valence-corrected chi connectivity index (χ4v) is 3.60. The number of carbonyl (C=O) groups excluding carboxylic acids is 1. The van der Waals surface area contributed by atoms with Gasteiger partial charge < -0.3 is 15.1 Å². The average Bonchev–Trinajstić information content (AvgIpc) is 2.61. The monoisotopic (exact) mass is 389 g/mol. The SMILES string of the molecule is Cc1cnccc1N1CCN(C(=O)Nc2cccc(NS(C)(=O)=O)c2)CC1. The fourth-order valence-electron chi connectivity index (χ4n) is 3.05. The van der Waals surface area contributed by atoms with E-state index >= 15 is 0 Å². The third-order valence-electron chi connectivity index (χ3n) is 4.32. The zero-order chi connectivity index (χ0) is 19.4. The molecular weight excluding hydrogens is 366 g/mol. The van der Waals surface area contributed by atoms with Crippen LogP contribution >= 0.6 is 0 Å². The number of nitrogens with zero attached hydrogens (tertiary/aromatic N) is 3. The van der Waals surface area contributed by atoms with Gasteiger partial charge in [-0.25, -0.2) is 13.2 Å². The highest BCUT2D eigenvalue weighted by Gasteiger charge is 2.22. The molecule has 0 atom stereocenters. The van der Waals surface area contributed by atoms with Crippen molar-refractivity contribution >= 4 is 33.1 Å². The van der Waals surface area contributed by atoms with Crippen molar-refractivity contribution in [3.8, 4) is 0 Å². The van der Waals surface area contributed by atoms with Gasteiger partial charge in [-0.2, -0.15) is 0 Å². The topological polar surface area (TPSA) is 94.6 Å². The summed E-state index contributed by atoms with van der Waals surface area (Å²) in [4.78, 5) is 20.6. The van der Waals surface area contributed by atoms with Crippen molar-refractivity contribution in [3.05, 3.63) is 48.3 Å². The largest absolute Gasteiger partial charge is 0.368 e. The summed E-state index contributed by atoms with van der Waals surface area (Å²) in [5.41, 5.74) is 3.21. The van der Waals surface area contributed by atoms with Gasteiger partial charge in [0.25, 0.3) is 0 Å². The number of pyridine rings is 1. The number of rotatable bonds is 4. The molecule has 1 saturated heterocycles. The van der Waals surface area contributed by atoms with Crippen molar-refractivity contribution in [2.24, 2.45) is 0 Å². The second-order valence-electron chi connectivity index (χ2n) is 6.52. The van der Waals surface area contributed by atoms with Crippen LogP contribution in [0.2, 0.25) is 0 Å². The number of hydrogen-bond acceptors (Lipinski definition) is 5. The average molecular weight is 389 g/mol. The standard InChI is InChI=1S/C18H23N5O3S/c1-14-13-19-7-6-17(14)22-8-10-23(11-9-22)18(24)20-15-4-3-5-16(12-15)21-27(2,25)26/h3-7,12-13,21H,8-11H2,1-2H3,(H,20,24). The van der Waals surface area contributed by atoms with Gasteiger partial charge >= 0.3 is 6.03 Å². The van der Waals surface area contributed by atoms with Gasteiger partial charge in [0.1, 0.15) is 0 Å². The molecule has 0 radical (unpaired) electrons. The summed E-state index contributed by atoms with van der Waals surface area (Å²) < 4.78 is 25.1. The number of piperazine rings is 1. The van der Waals surface area contributed by atoms with Crippen molar-refractivity contribution in [2.75, 3.05) is 47.4 Å². The molecule has 9 heteroatoms. The first-order valence-electron chi connectivity index (χ1n) is 8.61. The van der Waals surface area contributed by atoms with Crippen LogP contribution in [-0.4, -0.2) is 56.8 Å². The van der Waals surface area contributed by atoms with E-state index in [9.17, 15) is 13.2 Å². The lowest BCUT2D eigenvalue weighted by molar-refractivity contribution is 0.208. The van der Waals surface area contributed by atoms with E-state index in [-0.39, 0.29) is 6.03 Å². The Morgan fingerprint density at radius 1 is 1.11 bits per heavy atom. The van der Waals surface area contributed by atoms with Crippen LogP contribution in [0.4, 0.5) is 21.9 Å². The number of urea groups is 1. The molecular formula is C18H23N5O3S. The highest BCUT2D eigenvalue weighted by atomic mass is 32.2. The normalized spacial score (nSPS) is 14.7. The Hall–Kier alpha value is -2.81. The summed E-state index contributed by atoms with van der Waals surface area (Å²) in [6, 6.07) is 8.43. The summed E-state index contributed by atoms with van der Waals surface area (Å²) in [6.45, 7) is 4.73. The molecule has 0 bridgehead atoms. The van der Waals surface area contributed by atoms with Crippen LogP contribution in [0.5, 0.6) is 0 Å². The van der Waals surface area contributed by atoms with E-state index in [1.54, 1.807) is 35.4 Å². The number of aryl methyl sites for hydroxylation is 1. The molecule has 0 spiro atoms. The summed E-state index contributed by atoms with van der Waals surface area (Å²) in [5.74, 6) is 0. The van der Waals surface area contributed by atoms with Gasteiger partial charge in [-0.15, -0.1) is 0 Å². The molecule has 0 saturated carbocycles. The van der Waals surface area contributed by atoms with E-state index in [0.29, 0.717) is 24.5 Å². The highest BCUT2D eigenvalue weighted by Crippen LogP contribution is 2.21. The second-order valence-corrected chi connectivity index (χ2v) is 8.27. The van der Waals surface area contributed by atoms with Crippen LogP contribution in [0.1, 0.15) is 5.56 Å². The van der Waals surface area contributed by atoms with Crippen LogP contribution in [-0.2, 0) is 10.0 Å². The van der Waals surface area contributed by atoms with Crippen molar-refractivity contribution in [2.45, 2.75) is 6.92 Å². The molecule has 2 heterocycles. The molecule has 1 aromatic carbocycles. The molecule has 0 unspecified atom stereocenters. The van der Waals surface area contributed by atoms with Gasteiger partial charge in [0, 0.05) is 49.9 Å². The predicted octanol–water partition coefficient (Wildman–Crippen LogP) is 2.12. The van der Waals surface area contributed by atoms with Crippen LogP contribution < -0.4 is 14.9 Å². The number of nitrogens with one attached hydrogen (secondary N) is 2. The van der Waals surface area contributed by atoms with E-state index in [2.05, 4.69) is 19.9 Å². The second kappa shape index (κ2) is 7.83. The van der Waals surface area contributed by atoms with E-state index in [1.807, 2.05) is 19.2 Å². The molecule has 27 heavy (non-hydrogen) atoms. The molecule has 3 rings (SSSR count). The molecule has 2 amide bonds. The zero-order valence-corrected chi connectivity index (χ0v) is 16.2. The van der Waals surface area contributed by atoms with E-state index in [0.717, 1.165) is 30.6 Å². The third-order valence-corrected chi connectivity index (χ3v) is 4.92. The predicted molar refractivity (Wildman–Crippen MR) is 107 cm³/mol. The molecule has 8 nitrogen and oxygen atoms in total. The first kappa shape index (κ1) is 19.0. The van der Waals surface area contributed by atoms with Gasteiger partial charge in [0.15, 0.2) is 0 Å². The number of aromatic nitrogens is 1. The summed E-state index contributed by atoms with van der Waals surface area (Å²) in [7, 11) is -3.36. The summed E-state index contributed by atoms with van der Waals surface area (Å²) >= 11 is 0. The molecule has 1 aliphatic rings. The van der Waals surface area contributed by atoms with Crippen LogP contribution in [0.25, 0.3) is 0 Å². The number of hydrogen-bond donors (Lipinski definition) is 2. The van der Waals surface area contributed by atoms with Crippen molar-refractivity contribution in [1.82, 2.24) is 9.88 Å². The lowest BCUT2D eigenvalue weighted by Crippen LogP contribution is -2.50. The highest BCUT2D eigenvalue weighted by molar-refractivity contribution is 7.92. The molecule has 0 aliphatic carbocycles. The first-order chi connectivity index (χ1) is 12.8. The molecule has 1 aromatic heterocycles. The lowest BCUT2D eigenvalue weighted by atomic mass is 10.2. The molecule has 2 aromatic rings. The minimum atomic E-state index is -3.36. The zero-order valence-electron chi connectivity index (χ0n) is 15.3.